The average molecular weight is 263 g/mol. The number of carbonyl (C=O) groups excluding carboxylic acids is 2. The van der Waals surface area contributed by atoms with E-state index in [1.165, 1.54) is 0 Å². The van der Waals surface area contributed by atoms with Gasteiger partial charge in [0, 0.05) is 17.7 Å². The van der Waals surface area contributed by atoms with Crippen molar-refractivity contribution in [3.05, 3.63) is 29.3 Å². The first-order valence-electron chi connectivity index (χ1n) is 6.70. The highest BCUT2D eigenvalue weighted by Crippen LogP contribution is 2.17. The normalized spacial score (nSPS) is 10.2. The number of hydrogen-bond acceptors (Lipinski definition) is 4. The minimum atomic E-state index is -0.454. The summed E-state index contributed by atoms with van der Waals surface area (Å²) in [6, 6.07) is 4.75. The maximum atomic E-state index is 11.9. The van der Waals surface area contributed by atoms with Crippen LogP contribution in [-0.4, -0.2) is 18.4 Å². The van der Waals surface area contributed by atoms with Gasteiger partial charge in [0.25, 0.3) is 0 Å². The monoisotopic (exact) mass is 263 g/mol. The van der Waals surface area contributed by atoms with Gasteiger partial charge in [-0.1, -0.05) is 25.8 Å². The molecule has 0 saturated heterocycles. The molecule has 0 spiro atoms. The van der Waals surface area contributed by atoms with Gasteiger partial charge in [-0.05, 0) is 25.5 Å². The Labute approximate surface area is 113 Å². The van der Waals surface area contributed by atoms with E-state index in [1.807, 2.05) is 0 Å². The Morgan fingerprint density at radius 1 is 1.21 bits per heavy atom. The molecule has 0 atom stereocenters. The van der Waals surface area contributed by atoms with Crippen molar-refractivity contribution in [1.29, 1.82) is 0 Å². The second kappa shape index (κ2) is 7.56. The van der Waals surface area contributed by atoms with Gasteiger partial charge >= 0.3 is 5.97 Å². The molecule has 4 heteroatoms. The van der Waals surface area contributed by atoms with Crippen molar-refractivity contribution >= 4 is 17.4 Å². The molecule has 19 heavy (non-hydrogen) atoms. The zero-order chi connectivity index (χ0) is 14.3. The molecule has 1 rings (SSSR count). The standard InChI is InChI=1S/C15H21NO3/c1-3-5-6-7-14(17)11-8-9-12(13(16)10-11)15(18)19-4-2/h8-10H,3-7,16H2,1-2H3. The van der Waals surface area contributed by atoms with Crippen LogP contribution in [0.15, 0.2) is 18.2 Å². The third kappa shape index (κ3) is 4.39. The van der Waals surface area contributed by atoms with Crippen molar-refractivity contribution in [2.75, 3.05) is 12.3 Å². The van der Waals surface area contributed by atoms with Gasteiger partial charge in [0.2, 0.25) is 0 Å². The molecule has 4 nitrogen and oxygen atoms in total. The minimum Gasteiger partial charge on any atom is -0.462 e. The predicted molar refractivity (Wildman–Crippen MR) is 75.3 cm³/mol. The van der Waals surface area contributed by atoms with E-state index in [9.17, 15) is 9.59 Å². The maximum Gasteiger partial charge on any atom is 0.340 e. The fourth-order valence-corrected chi connectivity index (χ4v) is 1.81. The van der Waals surface area contributed by atoms with E-state index in [0.717, 1.165) is 19.3 Å². The quantitative estimate of drug-likeness (QED) is 0.355. The SMILES string of the molecule is CCCCCC(=O)c1ccc(C(=O)OCC)c(N)c1. The predicted octanol–water partition coefficient (Wildman–Crippen LogP) is 3.21. The van der Waals surface area contributed by atoms with Crippen molar-refractivity contribution in [3.8, 4) is 0 Å². The van der Waals surface area contributed by atoms with E-state index < -0.39 is 5.97 Å². The Bertz CT molecular complexity index is 455. The fraction of sp³-hybridized carbons (Fsp3) is 0.467. The van der Waals surface area contributed by atoms with E-state index in [0.29, 0.717) is 29.8 Å². The van der Waals surface area contributed by atoms with Gasteiger partial charge in [0.15, 0.2) is 5.78 Å². The zero-order valence-electron chi connectivity index (χ0n) is 11.6. The van der Waals surface area contributed by atoms with Crippen LogP contribution >= 0.6 is 0 Å². The molecule has 0 unspecified atom stereocenters. The molecule has 0 radical (unpaired) electrons. The molecular formula is C15H21NO3. The molecule has 0 saturated carbocycles. The molecule has 0 bridgehead atoms. The molecule has 0 heterocycles. The second-order valence-corrected chi connectivity index (χ2v) is 4.40. The number of rotatable bonds is 7. The van der Waals surface area contributed by atoms with Crippen molar-refractivity contribution in [1.82, 2.24) is 0 Å². The Balaban J connectivity index is 2.76. The van der Waals surface area contributed by atoms with Gasteiger partial charge in [-0.3, -0.25) is 4.79 Å². The van der Waals surface area contributed by atoms with Gasteiger partial charge < -0.3 is 10.5 Å². The number of Topliss-reactive ketones (excluding diaryl/α,β-unsaturated/α-hetero) is 1. The molecule has 1 aromatic carbocycles. The molecule has 0 aromatic heterocycles. The first-order chi connectivity index (χ1) is 9.10. The molecule has 0 fully saturated rings. The summed E-state index contributed by atoms with van der Waals surface area (Å²) in [5.74, 6) is -0.388. The lowest BCUT2D eigenvalue weighted by atomic mass is 10.0. The van der Waals surface area contributed by atoms with Crippen LogP contribution in [0, 0.1) is 0 Å². The minimum absolute atomic E-state index is 0.0653. The second-order valence-electron chi connectivity index (χ2n) is 4.40. The number of anilines is 1. The molecule has 104 valence electrons. The molecule has 0 aliphatic heterocycles. The van der Waals surface area contributed by atoms with E-state index in [2.05, 4.69) is 6.92 Å². The van der Waals surface area contributed by atoms with Crippen LogP contribution in [0.5, 0.6) is 0 Å². The number of nitrogens with two attached hydrogens (primary N) is 1. The largest absolute Gasteiger partial charge is 0.462 e. The molecule has 0 aliphatic rings. The number of unbranched alkanes of at least 4 members (excludes halogenated alkanes) is 2. The Hall–Kier alpha value is -1.84. The van der Waals surface area contributed by atoms with Crippen LogP contribution in [0.1, 0.15) is 60.2 Å². The molecule has 1 aromatic rings. The highest BCUT2D eigenvalue weighted by atomic mass is 16.5. The van der Waals surface area contributed by atoms with Crippen molar-refractivity contribution in [3.63, 3.8) is 0 Å². The third-order valence-corrected chi connectivity index (χ3v) is 2.88. The summed E-state index contributed by atoms with van der Waals surface area (Å²) < 4.78 is 4.88. The lowest BCUT2D eigenvalue weighted by Crippen LogP contribution is -2.09. The molecule has 0 amide bonds. The molecule has 0 aliphatic carbocycles. The lowest BCUT2D eigenvalue weighted by molar-refractivity contribution is 0.0527. The Morgan fingerprint density at radius 3 is 2.53 bits per heavy atom. The summed E-state index contributed by atoms with van der Waals surface area (Å²) in [5, 5.41) is 0. The number of carbonyl (C=O) groups is 2. The van der Waals surface area contributed by atoms with Gasteiger partial charge in [-0.15, -0.1) is 0 Å². The number of hydrogen-bond donors (Lipinski definition) is 1. The average Bonchev–Trinajstić information content (AvgIpc) is 2.39. The number of ether oxygens (including phenoxy) is 1. The Kier molecular flexibility index (Phi) is 6.06. The Morgan fingerprint density at radius 2 is 1.95 bits per heavy atom. The van der Waals surface area contributed by atoms with Crippen molar-refractivity contribution < 1.29 is 14.3 Å². The number of benzene rings is 1. The summed E-state index contributed by atoms with van der Waals surface area (Å²) in [4.78, 5) is 23.5. The van der Waals surface area contributed by atoms with Gasteiger partial charge in [0.05, 0.1) is 12.2 Å². The van der Waals surface area contributed by atoms with Gasteiger partial charge in [-0.2, -0.15) is 0 Å². The molecule has 2 N–H and O–H groups in total. The van der Waals surface area contributed by atoms with Crippen LogP contribution < -0.4 is 5.73 Å². The van der Waals surface area contributed by atoms with Crippen molar-refractivity contribution in [2.24, 2.45) is 0 Å². The molecular weight excluding hydrogens is 242 g/mol. The van der Waals surface area contributed by atoms with Crippen LogP contribution in [-0.2, 0) is 4.74 Å². The van der Waals surface area contributed by atoms with Crippen LogP contribution in [0.4, 0.5) is 5.69 Å². The van der Waals surface area contributed by atoms with E-state index in [1.54, 1.807) is 25.1 Å². The van der Waals surface area contributed by atoms with E-state index >= 15 is 0 Å². The highest BCUT2D eigenvalue weighted by Gasteiger charge is 2.13. The fourth-order valence-electron chi connectivity index (χ4n) is 1.81. The van der Waals surface area contributed by atoms with E-state index in [-0.39, 0.29) is 5.78 Å². The summed E-state index contributed by atoms with van der Waals surface area (Å²) in [7, 11) is 0. The number of esters is 1. The summed E-state index contributed by atoms with van der Waals surface area (Å²) in [6.07, 6.45) is 3.53. The highest BCUT2D eigenvalue weighted by molar-refractivity contribution is 6.00. The number of ketones is 1. The number of nitrogen functional groups attached to an aromatic ring is 1. The summed E-state index contributed by atoms with van der Waals surface area (Å²) in [6.45, 7) is 4.13. The summed E-state index contributed by atoms with van der Waals surface area (Å²) in [5.41, 5.74) is 6.95. The summed E-state index contributed by atoms with van der Waals surface area (Å²) >= 11 is 0. The van der Waals surface area contributed by atoms with Crippen LogP contribution in [0.25, 0.3) is 0 Å². The maximum absolute atomic E-state index is 11.9. The van der Waals surface area contributed by atoms with Crippen LogP contribution in [0.3, 0.4) is 0 Å². The van der Waals surface area contributed by atoms with Crippen molar-refractivity contribution in [2.45, 2.75) is 39.5 Å². The third-order valence-electron chi connectivity index (χ3n) is 2.88. The first-order valence-corrected chi connectivity index (χ1v) is 6.70. The van der Waals surface area contributed by atoms with E-state index in [4.69, 9.17) is 10.5 Å². The van der Waals surface area contributed by atoms with Gasteiger partial charge in [-0.25, -0.2) is 4.79 Å². The van der Waals surface area contributed by atoms with Gasteiger partial charge in [0.1, 0.15) is 0 Å². The first kappa shape index (κ1) is 15.2. The zero-order valence-corrected chi connectivity index (χ0v) is 11.6. The van der Waals surface area contributed by atoms with Crippen LogP contribution in [0.2, 0.25) is 0 Å². The lowest BCUT2D eigenvalue weighted by Gasteiger charge is -2.07. The topological polar surface area (TPSA) is 69.4 Å². The smallest absolute Gasteiger partial charge is 0.340 e.